The summed E-state index contributed by atoms with van der Waals surface area (Å²) in [6.07, 6.45) is 4.42. The molecule has 0 saturated heterocycles. The normalized spacial score (nSPS) is 20.5. The fourth-order valence-corrected chi connectivity index (χ4v) is 6.31. The Bertz CT molecular complexity index is 1470. The zero-order valence-electron chi connectivity index (χ0n) is 24.7. The van der Waals surface area contributed by atoms with E-state index in [0.29, 0.717) is 46.1 Å². The molecule has 0 aromatic heterocycles. The lowest BCUT2D eigenvalue weighted by Crippen LogP contribution is -2.36. The SMILES string of the molecule is COc1ccc([C@@H]2CC(=O)C3=C(C2)NC(C)=C(C(=O)OC2CCCC2)[C@@H]3c2ccc(OC(C)=O)c(OC)c2)cc1OC. The zero-order chi connectivity index (χ0) is 30.0. The van der Waals surface area contributed by atoms with Crippen molar-refractivity contribution in [3.05, 3.63) is 70.1 Å². The van der Waals surface area contributed by atoms with Crippen LogP contribution >= 0.6 is 0 Å². The van der Waals surface area contributed by atoms with Gasteiger partial charge in [-0.2, -0.15) is 0 Å². The lowest BCUT2D eigenvalue weighted by molar-refractivity contribution is -0.144. The Morgan fingerprint density at radius 1 is 0.833 bits per heavy atom. The standard InChI is InChI=1S/C33H37NO8/c1-18-30(33(37)42-23-8-6-7-9-23)31(21-11-13-27(41-19(2)35)29(17-21)40-5)32-24(34-18)14-22(15-25(32)36)20-10-12-26(38-3)28(16-20)39-4/h10-13,16-17,22-23,31,34H,6-9,14-15H2,1-5H3/t22-,31-/m0/s1. The summed E-state index contributed by atoms with van der Waals surface area (Å²) in [6.45, 7) is 3.16. The van der Waals surface area contributed by atoms with Crippen LogP contribution in [0.5, 0.6) is 23.0 Å². The lowest BCUT2D eigenvalue weighted by Gasteiger charge is -2.37. The molecule has 0 radical (unpaired) electrons. The van der Waals surface area contributed by atoms with Crippen molar-refractivity contribution in [1.82, 2.24) is 5.32 Å². The van der Waals surface area contributed by atoms with E-state index in [9.17, 15) is 14.4 Å². The first-order chi connectivity index (χ1) is 20.2. The van der Waals surface area contributed by atoms with Gasteiger partial charge in [-0.1, -0.05) is 12.1 Å². The van der Waals surface area contributed by atoms with Crippen LogP contribution < -0.4 is 24.3 Å². The number of methoxy groups -OCH3 is 3. The number of rotatable bonds is 8. The van der Waals surface area contributed by atoms with Crippen LogP contribution in [0.2, 0.25) is 0 Å². The number of hydrogen-bond acceptors (Lipinski definition) is 9. The Morgan fingerprint density at radius 3 is 2.12 bits per heavy atom. The quantitative estimate of drug-likeness (QED) is 0.323. The maximum Gasteiger partial charge on any atom is 0.337 e. The number of Topliss-reactive ketones (excluding diaryl/α,β-unsaturated/α-hetero) is 1. The van der Waals surface area contributed by atoms with E-state index in [1.807, 2.05) is 25.1 Å². The molecule has 1 heterocycles. The van der Waals surface area contributed by atoms with Crippen molar-refractivity contribution in [3.63, 3.8) is 0 Å². The summed E-state index contributed by atoms with van der Waals surface area (Å²) in [7, 11) is 4.65. The molecular formula is C33H37NO8. The van der Waals surface area contributed by atoms with Gasteiger partial charge in [-0.15, -0.1) is 0 Å². The van der Waals surface area contributed by atoms with Gasteiger partial charge in [0, 0.05) is 36.2 Å². The summed E-state index contributed by atoms with van der Waals surface area (Å²) < 4.78 is 27.7. The topological polar surface area (TPSA) is 109 Å². The molecule has 0 spiro atoms. The molecule has 3 aliphatic rings. The van der Waals surface area contributed by atoms with Crippen LogP contribution in [0.25, 0.3) is 0 Å². The number of nitrogens with one attached hydrogen (secondary N) is 1. The number of ether oxygens (including phenoxy) is 5. The van der Waals surface area contributed by atoms with Crippen LogP contribution in [0.4, 0.5) is 0 Å². The van der Waals surface area contributed by atoms with Gasteiger partial charge in [-0.25, -0.2) is 4.79 Å². The first-order valence-electron chi connectivity index (χ1n) is 14.3. The summed E-state index contributed by atoms with van der Waals surface area (Å²) >= 11 is 0. The summed E-state index contributed by atoms with van der Waals surface area (Å²) in [5, 5.41) is 3.40. The van der Waals surface area contributed by atoms with Crippen LogP contribution in [0.1, 0.15) is 75.3 Å². The molecule has 1 N–H and O–H groups in total. The number of esters is 2. The molecule has 2 aromatic carbocycles. The second-order valence-corrected chi connectivity index (χ2v) is 10.9. The van der Waals surface area contributed by atoms with Crippen molar-refractivity contribution < 1.29 is 38.1 Å². The van der Waals surface area contributed by atoms with E-state index in [1.165, 1.54) is 14.0 Å². The van der Waals surface area contributed by atoms with Crippen molar-refractivity contribution in [2.45, 2.75) is 70.3 Å². The number of allylic oxidation sites excluding steroid dienone is 3. The van der Waals surface area contributed by atoms with E-state index < -0.39 is 17.9 Å². The third-order valence-electron chi connectivity index (χ3n) is 8.28. The summed E-state index contributed by atoms with van der Waals surface area (Å²) in [5.74, 6) is 0.0789. The average molecular weight is 576 g/mol. The Labute approximate surface area is 245 Å². The fourth-order valence-electron chi connectivity index (χ4n) is 6.31. The molecule has 0 amide bonds. The van der Waals surface area contributed by atoms with E-state index in [-0.39, 0.29) is 30.0 Å². The molecular weight excluding hydrogens is 538 g/mol. The molecule has 2 aliphatic carbocycles. The second-order valence-electron chi connectivity index (χ2n) is 10.9. The highest BCUT2D eigenvalue weighted by Crippen LogP contribution is 2.48. The number of hydrogen-bond donors (Lipinski definition) is 1. The minimum atomic E-state index is -0.672. The predicted octanol–water partition coefficient (Wildman–Crippen LogP) is 5.49. The molecule has 1 saturated carbocycles. The predicted molar refractivity (Wildman–Crippen MR) is 155 cm³/mol. The first kappa shape index (κ1) is 29.2. The highest BCUT2D eigenvalue weighted by Gasteiger charge is 2.42. The van der Waals surface area contributed by atoms with Crippen molar-refractivity contribution in [3.8, 4) is 23.0 Å². The Hall–Kier alpha value is -4.27. The van der Waals surface area contributed by atoms with Crippen LogP contribution in [-0.4, -0.2) is 45.2 Å². The van der Waals surface area contributed by atoms with E-state index in [2.05, 4.69) is 5.32 Å². The zero-order valence-corrected chi connectivity index (χ0v) is 24.7. The van der Waals surface area contributed by atoms with Crippen molar-refractivity contribution in [1.29, 1.82) is 0 Å². The lowest BCUT2D eigenvalue weighted by atomic mass is 9.71. The van der Waals surface area contributed by atoms with Crippen molar-refractivity contribution >= 4 is 17.7 Å². The van der Waals surface area contributed by atoms with Gasteiger partial charge >= 0.3 is 11.9 Å². The maximum atomic E-state index is 14.0. The highest BCUT2D eigenvalue weighted by atomic mass is 16.6. The van der Waals surface area contributed by atoms with Crippen LogP contribution in [0.15, 0.2) is 58.9 Å². The van der Waals surface area contributed by atoms with Crippen molar-refractivity contribution in [2.75, 3.05) is 21.3 Å². The molecule has 0 bridgehead atoms. The Balaban J connectivity index is 1.57. The Kier molecular flexibility index (Phi) is 8.56. The first-order valence-corrected chi connectivity index (χ1v) is 14.3. The van der Waals surface area contributed by atoms with Gasteiger partial charge in [0.25, 0.3) is 0 Å². The third-order valence-corrected chi connectivity index (χ3v) is 8.28. The molecule has 1 fully saturated rings. The third kappa shape index (κ3) is 5.73. The number of carbonyl (C=O) groups is 3. The molecule has 0 unspecified atom stereocenters. The van der Waals surface area contributed by atoms with E-state index in [0.717, 1.165) is 36.9 Å². The minimum Gasteiger partial charge on any atom is -0.493 e. The largest absolute Gasteiger partial charge is 0.493 e. The number of ketones is 1. The number of carbonyl (C=O) groups excluding carboxylic acids is 3. The molecule has 42 heavy (non-hydrogen) atoms. The minimum absolute atomic E-state index is 0.0600. The van der Waals surface area contributed by atoms with Gasteiger partial charge in [0.1, 0.15) is 6.10 Å². The molecule has 9 heteroatoms. The van der Waals surface area contributed by atoms with E-state index in [1.54, 1.807) is 32.4 Å². The average Bonchev–Trinajstić information content (AvgIpc) is 3.48. The number of dihydropyridines is 1. The van der Waals surface area contributed by atoms with Gasteiger partial charge in [-0.3, -0.25) is 9.59 Å². The van der Waals surface area contributed by atoms with Crippen molar-refractivity contribution in [2.24, 2.45) is 0 Å². The van der Waals surface area contributed by atoms with Gasteiger partial charge in [0.05, 0.1) is 26.9 Å². The van der Waals surface area contributed by atoms with E-state index >= 15 is 0 Å². The molecule has 222 valence electrons. The molecule has 9 nitrogen and oxygen atoms in total. The molecule has 2 aromatic rings. The fraction of sp³-hybridized carbons (Fsp3) is 0.424. The second kappa shape index (κ2) is 12.3. The maximum absolute atomic E-state index is 14.0. The van der Waals surface area contributed by atoms with Gasteiger partial charge < -0.3 is 29.0 Å². The summed E-state index contributed by atoms with van der Waals surface area (Å²) in [5.41, 5.74) is 4.00. The van der Waals surface area contributed by atoms with E-state index in [4.69, 9.17) is 23.7 Å². The summed E-state index contributed by atoms with van der Waals surface area (Å²) in [6, 6.07) is 10.8. The van der Waals surface area contributed by atoms with Gasteiger partial charge in [0.2, 0.25) is 0 Å². The monoisotopic (exact) mass is 575 g/mol. The highest BCUT2D eigenvalue weighted by molar-refractivity contribution is 6.04. The number of benzene rings is 2. The smallest absolute Gasteiger partial charge is 0.337 e. The molecule has 1 aliphatic heterocycles. The van der Waals surface area contributed by atoms with Gasteiger partial charge in [-0.05, 0) is 80.3 Å². The van der Waals surface area contributed by atoms with Crippen LogP contribution in [-0.2, 0) is 19.1 Å². The molecule has 2 atom stereocenters. The Morgan fingerprint density at radius 2 is 1.45 bits per heavy atom. The van der Waals surface area contributed by atoms with Crippen LogP contribution in [0.3, 0.4) is 0 Å². The summed E-state index contributed by atoms with van der Waals surface area (Å²) in [4.78, 5) is 39.4. The van der Waals surface area contributed by atoms with Gasteiger partial charge in [0.15, 0.2) is 28.8 Å². The molecule has 5 rings (SSSR count). The van der Waals surface area contributed by atoms with Crippen LogP contribution in [0, 0.1) is 0 Å².